The van der Waals surface area contributed by atoms with Crippen molar-refractivity contribution in [3.05, 3.63) is 113 Å². The summed E-state index contributed by atoms with van der Waals surface area (Å²) in [6.45, 7) is 5.63. The molecule has 3 aromatic rings. The van der Waals surface area contributed by atoms with Gasteiger partial charge < -0.3 is 14.8 Å². The van der Waals surface area contributed by atoms with Crippen LogP contribution in [0.15, 0.2) is 96.2 Å². The molecular formula is C29H28N2O5. The second kappa shape index (κ2) is 10.9. The van der Waals surface area contributed by atoms with E-state index in [1.165, 1.54) is 0 Å². The SMILES string of the molecule is CC1=C(C(=O)OC(C)C)C(c2ccc(OC(=O)c3ccccc3)cc2)NC(=O)N1Cc1ccccc1. The highest BCUT2D eigenvalue weighted by Crippen LogP contribution is 2.33. The van der Waals surface area contributed by atoms with Crippen LogP contribution < -0.4 is 10.1 Å². The lowest BCUT2D eigenvalue weighted by Crippen LogP contribution is -2.47. The zero-order chi connectivity index (χ0) is 25.7. The van der Waals surface area contributed by atoms with Gasteiger partial charge in [0.15, 0.2) is 0 Å². The average molecular weight is 485 g/mol. The van der Waals surface area contributed by atoms with Crippen LogP contribution in [0.2, 0.25) is 0 Å². The second-order valence-corrected chi connectivity index (χ2v) is 8.73. The Bertz CT molecular complexity index is 1270. The van der Waals surface area contributed by atoms with E-state index in [1.54, 1.807) is 74.2 Å². The molecule has 1 unspecified atom stereocenters. The summed E-state index contributed by atoms with van der Waals surface area (Å²) in [5.74, 6) is -0.611. The van der Waals surface area contributed by atoms with Crippen molar-refractivity contribution in [2.24, 2.45) is 0 Å². The van der Waals surface area contributed by atoms with Crippen LogP contribution in [0.4, 0.5) is 4.79 Å². The third-order valence-electron chi connectivity index (χ3n) is 5.78. The Balaban J connectivity index is 1.62. The van der Waals surface area contributed by atoms with E-state index in [-0.39, 0.29) is 12.1 Å². The molecule has 36 heavy (non-hydrogen) atoms. The number of urea groups is 1. The first-order chi connectivity index (χ1) is 17.3. The molecule has 7 heteroatoms. The number of hydrogen-bond acceptors (Lipinski definition) is 5. The molecular weight excluding hydrogens is 456 g/mol. The predicted molar refractivity (Wildman–Crippen MR) is 135 cm³/mol. The fraction of sp³-hybridized carbons (Fsp3) is 0.207. The normalized spacial score (nSPS) is 15.5. The molecule has 1 heterocycles. The smallest absolute Gasteiger partial charge is 0.343 e. The first-order valence-electron chi connectivity index (χ1n) is 11.7. The number of amides is 2. The van der Waals surface area contributed by atoms with Gasteiger partial charge in [-0.1, -0.05) is 60.7 Å². The van der Waals surface area contributed by atoms with E-state index in [2.05, 4.69) is 5.32 Å². The van der Waals surface area contributed by atoms with Gasteiger partial charge in [-0.2, -0.15) is 0 Å². The van der Waals surface area contributed by atoms with Gasteiger partial charge in [0, 0.05) is 5.70 Å². The lowest BCUT2D eigenvalue weighted by atomic mass is 9.94. The molecule has 184 valence electrons. The number of rotatable bonds is 7. The monoisotopic (exact) mass is 484 g/mol. The van der Waals surface area contributed by atoms with E-state index >= 15 is 0 Å². The molecule has 7 nitrogen and oxygen atoms in total. The van der Waals surface area contributed by atoms with Crippen LogP contribution in [-0.2, 0) is 16.1 Å². The van der Waals surface area contributed by atoms with Crippen molar-refractivity contribution in [2.45, 2.75) is 39.5 Å². The maximum absolute atomic E-state index is 13.1. The van der Waals surface area contributed by atoms with Crippen LogP contribution in [-0.4, -0.2) is 29.0 Å². The standard InChI is InChI=1S/C29H28N2O5/c1-19(2)35-28(33)25-20(3)31(18-21-10-6-4-7-11-21)29(34)30-26(25)22-14-16-24(17-15-22)36-27(32)23-12-8-5-9-13-23/h4-17,19,26H,18H2,1-3H3,(H,30,34). The summed E-state index contributed by atoms with van der Waals surface area (Å²) in [4.78, 5) is 40.2. The van der Waals surface area contributed by atoms with Crippen molar-refractivity contribution >= 4 is 18.0 Å². The number of nitrogens with one attached hydrogen (secondary N) is 1. The minimum Gasteiger partial charge on any atom is -0.459 e. The zero-order valence-corrected chi connectivity index (χ0v) is 20.4. The van der Waals surface area contributed by atoms with E-state index in [1.807, 2.05) is 36.4 Å². The number of carbonyl (C=O) groups excluding carboxylic acids is 3. The topological polar surface area (TPSA) is 84.9 Å². The van der Waals surface area contributed by atoms with Gasteiger partial charge in [-0.3, -0.25) is 4.90 Å². The lowest BCUT2D eigenvalue weighted by molar-refractivity contribution is -0.143. The molecule has 0 bridgehead atoms. The summed E-state index contributed by atoms with van der Waals surface area (Å²) < 4.78 is 11.0. The number of ether oxygens (including phenoxy) is 2. The Labute approximate surface area is 210 Å². The van der Waals surface area contributed by atoms with E-state index < -0.39 is 18.0 Å². The zero-order valence-electron chi connectivity index (χ0n) is 20.4. The number of carbonyl (C=O) groups is 3. The van der Waals surface area contributed by atoms with Crippen LogP contribution in [0.1, 0.15) is 48.3 Å². The van der Waals surface area contributed by atoms with E-state index in [0.717, 1.165) is 5.56 Å². The summed E-state index contributed by atoms with van der Waals surface area (Å²) in [7, 11) is 0. The Kier molecular flexibility index (Phi) is 7.49. The Morgan fingerprint density at radius 2 is 1.50 bits per heavy atom. The molecule has 2 amide bonds. The molecule has 0 saturated carbocycles. The van der Waals surface area contributed by atoms with Crippen LogP contribution >= 0.6 is 0 Å². The number of benzene rings is 3. The molecule has 1 N–H and O–H groups in total. The molecule has 1 aliphatic rings. The molecule has 3 aromatic carbocycles. The first-order valence-corrected chi connectivity index (χ1v) is 11.7. The number of hydrogen-bond donors (Lipinski definition) is 1. The summed E-state index contributed by atoms with van der Waals surface area (Å²) in [6, 6.07) is 24.0. The maximum atomic E-state index is 13.1. The molecule has 0 aliphatic carbocycles. The molecule has 0 aromatic heterocycles. The van der Waals surface area contributed by atoms with Crippen molar-refractivity contribution in [1.29, 1.82) is 0 Å². The molecule has 0 fully saturated rings. The molecule has 0 saturated heterocycles. The van der Waals surface area contributed by atoms with Crippen molar-refractivity contribution in [3.63, 3.8) is 0 Å². The van der Waals surface area contributed by atoms with E-state index in [4.69, 9.17) is 9.47 Å². The third kappa shape index (κ3) is 5.63. The summed E-state index contributed by atoms with van der Waals surface area (Å²) in [5, 5.41) is 2.94. The Morgan fingerprint density at radius 1 is 0.889 bits per heavy atom. The van der Waals surface area contributed by atoms with Gasteiger partial charge in [0.1, 0.15) is 5.75 Å². The van der Waals surface area contributed by atoms with Gasteiger partial charge in [-0.15, -0.1) is 0 Å². The largest absolute Gasteiger partial charge is 0.459 e. The van der Waals surface area contributed by atoms with Gasteiger partial charge in [0.05, 0.1) is 29.8 Å². The molecule has 1 aliphatic heterocycles. The number of allylic oxidation sites excluding steroid dienone is 1. The average Bonchev–Trinajstić information content (AvgIpc) is 2.87. The van der Waals surface area contributed by atoms with E-state index in [0.29, 0.717) is 34.7 Å². The van der Waals surface area contributed by atoms with Crippen LogP contribution in [0.5, 0.6) is 5.75 Å². The number of nitrogens with zero attached hydrogens (tertiary/aromatic N) is 1. The van der Waals surface area contributed by atoms with Gasteiger partial charge in [0.2, 0.25) is 0 Å². The second-order valence-electron chi connectivity index (χ2n) is 8.73. The Morgan fingerprint density at radius 3 is 2.11 bits per heavy atom. The third-order valence-corrected chi connectivity index (χ3v) is 5.78. The van der Waals surface area contributed by atoms with Gasteiger partial charge >= 0.3 is 18.0 Å². The first kappa shape index (κ1) is 24.7. The quantitative estimate of drug-likeness (QED) is 0.359. The number of esters is 2. The van der Waals surface area contributed by atoms with Crippen LogP contribution in [0.3, 0.4) is 0 Å². The highest BCUT2D eigenvalue weighted by molar-refractivity contribution is 5.95. The van der Waals surface area contributed by atoms with Crippen molar-refractivity contribution in [3.8, 4) is 5.75 Å². The van der Waals surface area contributed by atoms with Gasteiger partial charge in [-0.25, -0.2) is 14.4 Å². The van der Waals surface area contributed by atoms with Crippen molar-refractivity contribution in [2.75, 3.05) is 0 Å². The van der Waals surface area contributed by atoms with Crippen LogP contribution in [0, 0.1) is 0 Å². The highest BCUT2D eigenvalue weighted by Gasteiger charge is 2.36. The van der Waals surface area contributed by atoms with Crippen molar-refractivity contribution in [1.82, 2.24) is 10.2 Å². The lowest BCUT2D eigenvalue weighted by Gasteiger charge is -2.35. The molecule has 1 atom stereocenters. The van der Waals surface area contributed by atoms with Gasteiger partial charge in [0.25, 0.3) is 0 Å². The maximum Gasteiger partial charge on any atom is 0.343 e. The molecule has 4 rings (SSSR count). The minimum absolute atomic E-state index is 0.318. The molecule has 0 spiro atoms. The molecule has 0 radical (unpaired) electrons. The Hall–Kier alpha value is -4.39. The summed E-state index contributed by atoms with van der Waals surface area (Å²) in [6.07, 6.45) is -0.321. The minimum atomic E-state index is -0.713. The predicted octanol–water partition coefficient (Wildman–Crippen LogP) is 5.40. The highest BCUT2D eigenvalue weighted by atomic mass is 16.5. The van der Waals surface area contributed by atoms with Crippen molar-refractivity contribution < 1.29 is 23.9 Å². The van der Waals surface area contributed by atoms with Crippen LogP contribution in [0.25, 0.3) is 0 Å². The van der Waals surface area contributed by atoms with Gasteiger partial charge in [-0.05, 0) is 56.2 Å². The van der Waals surface area contributed by atoms with E-state index in [9.17, 15) is 14.4 Å². The summed E-state index contributed by atoms with van der Waals surface area (Å²) in [5.41, 5.74) is 2.92. The fourth-order valence-electron chi connectivity index (χ4n) is 4.00. The fourth-order valence-corrected chi connectivity index (χ4v) is 4.00. The summed E-state index contributed by atoms with van der Waals surface area (Å²) >= 11 is 0.